The second-order valence-electron chi connectivity index (χ2n) is 1.97. The van der Waals surface area contributed by atoms with Crippen LogP contribution >= 0.6 is 0 Å². The lowest BCUT2D eigenvalue weighted by molar-refractivity contribution is -0.119. The molecule has 4 nitrogen and oxygen atoms in total. The Labute approximate surface area is 72.3 Å². The topological polar surface area (TPSA) is 67.5 Å². The molecule has 0 aliphatic carbocycles. The molecule has 0 aromatic rings. The molecule has 74 valence electrons. The van der Waals surface area contributed by atoms with E-state index in [1.165, 1.54) is 7.05 Å². The maximum atomic E-state index is 11.9. The van der Waals surface area contributed by atoms with Crippen LogP contribution in [0, 0.1) is 0 Å². The van der Waals surface area contributed by atoms with Gasteiger partial charge in [-0.1, -0.05) is 0 Å². The van der Waals surface area contributed by atoms with Gasteiger partial charge in [-0.2, -0.15) is 18.3 Å². The van der Waals surface area contributed by atoms with E-state index < -0.39 is 17.4 Å². The molecule has 0 unspecified atom stereocenters. The Morgan fingerprint density at radius 1 is 1.54 bits per heavy atom. The van der Waals surface area contributed by atoms with Gasteiger partial charge in [0.05, 0.1) is 11.9 Å². The van der Waals surface area contributed by atoms with E-state index in [1.807, 2.05) is 0 Å². The van der Waals surface area contributed by atoms with Crippen LogP contribution in [0.5, 0.6) is 0 Å². The highest BCUT2D eigenvalue weighted by Crippen LogP contribution is 2.24. The number of rotatable bonds is 3. The summed E-state index contributed by atoms with van der Waals surface area (Å²) in [4.78, 5) is 10.0. The monoisotopic (exact) mass is 195 g/mol. The van der Waals surface area contributed by atoms with Crippen molar-refractivity contribution in [2.24, 2.45) is 10.8 Å². The summed E-state index contributed by atoms with van der Waals surface area (Å²) in [5.41, 5.74) is 4.98. The first-order chi connectivity index (χ1) is 5.93. The zero-order valence-electron chi connectivity index (χ0n) is 6.72. The van der Waals surface area contributed by atoms with Crippen molar-refractivity contribution in [3.8, 4) is 0 Å². The summed E-state index contributed by atoms with van der Waals surface area (Å²) in [6.07, 6.45) is -4.38. The summed E-state index contributed by atoms with van der Waals surface area (Å²) in [7, 11) is 1.39. The number of carbonyl (C=O) groups excluding carboxylic acids is 1. The number of aldehydes is 1. The highest BCUT2D eigenvalue weighted by atomic mass is 19.4. The van der Waals surface area contributed by atoms with Crippen LogP contribution in [0.2, 0.25) is 0 Å². The normalized spacial score (nSPS) is 14.2. The van der Waals surface area contributed by atoms with Gasteiger partial charge in [-0.3, -0.25) is 4.79 Å². The summed E-state index contributed by atoms with van der Waals surface area (Å²) in [6, 6.07) is 0. The van der Waals surface area contributed by atoms with Crippen LogP contribution in [0.1, 0.15) is 0 Å². The second-order valence-corrected chi connectivity index (χ2v) is 1.97. The van der Waals surface area contributed by atoms with Crippen LogP contribution in [0.15, 0.2) is 16.4 Å². The average Bonchev–Trinajstić information content (AvgIpc) is 1.99. The molecule has 0 saturated heterocycles. The van der Waals surface area contributed by atoms with Gasteiger partial charge >= 0.3 is 6.18 Å². The number of carbonyl (C=O) groups is 1. The van der Waals surface area contributed by atoms with Crippen LogP contribution in [0.25, 0.3) is 0 Å². The molecule has 0 saturated carbocycles. The van der Waals surface area contributed by atoms with Gasteiger partial charge in [0, 0.05) is 7.05 Å². The minimum atomic E-state index is -4.74. The van der Waals surface area contributed by atoms with Crippen molar-refractivity contribution in [2.75, 3.05) is 7.05 Å². The summed E-state index contributed by atoms with van der Waals surface area (Å²) in [5, 5.41) is 3.24. The van der Waals surface area contributed by atoms with Crippen LogP contribution in [0.3, 0.4) is 0 Å². The van der Waals surface area contributed by atoms with E-state index in [0.29, 0.717) is 0 Å². The first-order valence-electron chi connectivity index (χ1n) is 3.15. The predicted octanol–water partition coefficient (Wildman–Crippen LogP) is 0.166. The Balaban J connectivity index is 4.91. The van der Waals surface area contributed by atoms with Crippen molar-refractivity contribution >= 4 is 12.5 Å². The number of hydrogen-bond acceptors (Lipinski definition) is 4. The zero-order chi connectivity index (χ0) is 10.5. The van der Waals surface area contributed by atoms with E-state index in [-0.39, 0.29) is 6.29 Å². The smallest absolute Gasteiger partial charge is 0.397 e. The molecular formula is C6H8F3N3O. The molecular weight excluding hydrogens is 187 g/mol. The fraction of sp³-hybridized carbons (Fsp3) is 0.333. The molecule has 0 atom stereocenters. The summed E-state index contributed by atoms with van der Waals surface area (Å²) in [5.74, 6) is 0. The van der Waals surface area contributed by atoms with Gasteiger partial charge in [0.2, 0.25) is 0 Å². The van der Waals surface area contributed by atoms with Gasteiger partial charge in [0.15, 0.2) is 6.29 Å². The fourth-order valence-corrected chi connectivity index (χ4v) is 0.502. The van der Waals surface area contributed by atoms with Gasteiger partial charge in [-0.05, 0) is 0 Å². The highest BCUT2D eigenvalue weighted by molar-refractivity contribution is 5.89. The Hall–Kier alpha value is -1.53. The molecule has 0 rings (SSSR count). The molecule has 0 spiro atoms. The molecule has 0 amide bonds. The molecule has 0 bridgehead atoms. The van der Waals surface area contributed by atoms with Crippen LogP contribution in [-0.2, 0) is 4.79 Å². The maximum Gasteiger partial charge on any atom is 0.421 e. The molecule has 0 radical (unpaired) electrons. The number of allylic oxidation sites excluding steroid dienone is 2. The number of alkyl halides is 3. The second kappa shape index (κ2) is 4.48. The Morgan fingerprint density at radius 2 is 2.08 bits per heavy atom. The van der Waals surface area contributed by atoms with E-state index in [1.54, 1.807) is 0 Å². The van der Waals surface area contributed by atoms with Crippen molar-refractivity contribution in [3.05, 3.63) is 11.3 Å². The molecule has 3 N–H and O–H groups in total. The maximum absolute atomic E-state index is 11.9. The summed E-state index contributed by atoms with van der Waals surface area (Å²) in [6.45, 7) is 0. The third-order valence-electron chi connectivity index (χ3n) is 1.07. The van der Waals surface area contributed by atoms with Crippen LogP contribution in [0.4, 0.5) is 13.2 Å². The number of hydrazone groups is 1. The average molecular weight is 195 g/mol. The molecule has 0 fully saturated rings. The molecule has 0 aromatic carbocycles. The minimum absolute atomic E-state index is 0.350. The van der Waals surface area contributed by atoms with E-state index in [0.717, 1.165) is 6.21 Å². The highest BCUT2D eigenvalue weighted by Gasteiger charge is 2.35. The molecule has 13 heavy (non-hydrogen) atoms. The van der Waals surface area contributed by atoms with Crippen molar-refractivity contribution in [1.82, 2.24) is 5.43 Å². The molecule has 7 heteroatoms. The molecule has 0 aromatic heterocycles. The van der Waals surface area contributed by atoms with E-state index in [2.05, 4.69) is 10.5 Å². The molecule has 0 heterocycles. The lowest BCUT2D eigenvalue weighted by atomic mass is 10.2. The van der Waals surface area contributed by atoms with Gasteiger partial charge in [0.25, 0.3) is 0 Å². The number of halogens is 3. The van der Waals surface area contributed by atoms with Crippen LogP contribution < -0.4 is 11.2 Å². The van der Waals surface area contributed by atoms with Crippen molar-refractivity contribution in [2.45, 2.75) is 6.18 Å². The van der Waals surface area contributed by atoms with E-state index >= 15 is 0 Å². The lowest BCUT2D eigenvalue weighted by Crippen LogP contribution is -2.20. The number of nitrogens with two attached hydrogens (primary N) is 1. The first kappa shape index (κ1) is 11.5. The third-order valence-corrected chi connectivity index (χ3v) is 1.07. The van der Waals surface area contributed by atoms with E-state index in [4.69, 9.17) is 5.73 Å². The largest absolute Gasteiger partial charge is 0.421 e. The van der Waals surface area contributed by atoms with E-state index in [9.17, 15) is 18.0 Å². The van der Waals surface area contributed by atoms with Gasteiger partial charge in [0.1, 0.15) is 5.57 Å². The Bertz CT molecular complexity index is 244. The lowest BCUT2D eigenvalue weighted by Gasteiger charge is -2.06. The fourth-order valence-electron chi connectivity index (χ4n) is 0.502. The summed E-state index contributed by atoms with van der Waals surface area (Å²) >= 11 is 0. The summed E-state index contributed by atoms with van der Waals surface area (Å²) < 4.78 is 35.8. The SMILES string of the molecule is CN/N=C\C(N)=C(/C=O)C(F)(F)F. The van der Waals surface area contributed by atoms with Gasteiger partial charge in [-0.25, -0.2) is 0 Å². The number of hydrogen-bond donors (Lipinski definition) is 2. The quantitative estimate of drug-likeness (QED) is 0.292. The molecule has 0 aliphatic rings. The molecule has 0 aliphatic heterocycles. The predicted molar refractivity (Wildman–Crippen MR) is 40.9 cm³/mol. The minimum Gasteiger partial charge on any atom is -0.397 e. The number of nitrogens with one attached hydrogen (secondary N) is 1. The Kier molecular flexibility index (Phi) is 3.96. The first-order valence-corrected chi connectivity index (χ1v) is 3.15. The van der Waals surface area contributed by atoms with Gasteiger partial charge in [-0.15, -0.1) is 0 Å². The van der Waals surface area contributed by atoms with Crippen molar-refractivity contribution in [1.29, 1.82) is 0 Å². The Morgan fingerprint density at radius 3 is 2.38 bits per heavy atom. The van der Waals surface area contributed by atoms with Gasteiger partial charge < -0.3 is 11.2 Å². The zero-order valence-corrected chi connectivity index (χ0v) is 6.72. The van der Waals surface area contributed by atoms with Crippen molar-refractivity contribution < 1.29 is 18.0 Å². The van der Waals surface area contributed by atoms with Crippen molar-refractivity contribution in [3.63, 3.8) is 0 Å². The standard InChI is InChI=1S/C6H8F3N3O/c1-11-12-2-5(10)4(3-13)6(7,8)9/h2-3,11H,10H2,1H3/b5-4-,12-2-. The third kappa shape index (κ3) is 3.59. The number of nitrogens with zero attached hydrogens (tertiary/aromatic N) is 1. The van der Waals surface area contributed by atoms with Crippen LogP contribution in [-0.4, -0.2) is 25.7 Å².